The van der Waals surface area contributed by atoms with E-state index in [4.69, 9.17) is 17.3 Å². The summed E-state index contributed by atoms with van der Waals surface area (Å²) in [4.78, 5) is 3.99. The Bertz CT molecular complexity index is 309. The van der Waals surface area contributed by atoms with Crippen LogP contribution in [0.15, 0.2) is 31.0 Å². The fraction of sp³-hybridized carbons (Fsp3) is 0.222. The van der Waals surface area contributed by atoms with Crippen molar-refractivity contribution in [3.63, 3.8) is 0 Å². The van der Waals surface area contributed by atoms with Crippen molar-refractivity contribution in [2.75, 3.05) is 0 Å². The monoisotopic (exact) mass is 270 g/mol. The van der Waals surface area contributed by atoms with Gasteiger partial charge < -0.3 is 10.8 Å². The zero-order valence-corrected chi connectivity index (χ0v) is 10.2. The average molecular weight is 272 g/mol. The van der Waals surface area contributed by atoms with Crippen LogP contribution in [0.3, 0.4) is 0 Å². The van der Waals surface area contributed by atoms with Crippen molar-refractivity contribution in [2.45, 2.75) is 12.1 Å². The van der Waals surface area contributed by atoms with Crippen LogP contribution in [-0.4, -0.2) is 16.2 Å². The highest BCUT2D eigenvalue weighted by Gasteiger charge is 2.14. The molecular formula is C9H13Cl3N2O. The van der Waals surface area contributed by atoms with E-state index in [1.807, 2.05) is 0 Å². The van der Waals surface area contributed by atoms with Crippen LogP contribution in [0.1, 0.15) is 11.7 Å². The normalized spacial score (nSPS) is 13.0. The molecule has 0 radical (unpaired) electrons. The smallest absolute Gasteiger partial charge is 0.0926 e. The number of aromatic nitrogens is 1. The third-order valence-corrected chi connectivity index (χ3v) is 1.93. The molecule has 0 aliphatic carbocycles. The van der Waals surface area contributed by atoms with Gasteiger partial charge in [-0.15, -0.1) is 31.4 Å². The average Bonchev–Trinajstić information content (AvgIpc) is 2.15. The van der Waals surface area contributed by atoms with Gasteiger partial charge in [0, 0.05) is 11.2 Å². The second kappa shape index (κ2) is 7.91. The molecule has 0 bridgehead atoms. The highest BCUT2D eigenvalue weighted by atomic mass is 35.5. The first kappa shape index (κ1) is 17.1. The number of rotatable bonds is 3. The number of hydrogen-bond acceptors (Lipinski definition) is 3. The van der Waals surface area contributed by atoms with E-state index in [2.05, 4.69) is 11.6 Å². The van der Waals surface area contributed by atoms with Crippen LogP contribution in [0.25, 0.3) is 0 Å². The number of halogens is 3. The summed E-state index contributed by atoms with van der Waals surface area (Å²) in [5.74, 6) is 0. The molecule has 6 heteroatoms. The van der Waals surface area contributed by atoms with Gasteiger partial charge in [-0.05, 0) is 12.1 Å². The molecule has 1 heterocycles. The molecule has 3 nitrogen and oxygen atoms in total. The summed E-state index contributed by atoms with van der Waals surface area (Å²) < 4.78 is 0. The number of nitrogens with zero attached hydrogens (tertiary/aromatic N) is 1. The molecule has 3 N–H and O–H groups in total. The largest absolute Gasteiger partial charge is 0.387 e. The van der Waals surface area contributed by atoms with E-state index in [1.54, 1.807) is 18.3 Å². The summed E-state index contributed by atoms with van der Waals surface area (Å²) >= 11 is 5.73. The van der Waals surface area contributed by atoms with Crippen molar-refractivity contribution < 1.29 is 5.11 Å². The van der Waals surface area contributed by atoms with E-state index in [0.29, 0.717) is 10.7 Å². The fourth-order valence-electron chi connectivity index (χ4n) is 0.925. The minimum Gasteiger partial charge on any atom is -0.387 e. The van der Waals surface area contributed by atoms with E-state index < -0.39 is 12.1 Å². The van der Waals surface area contributed by atoms with Crippen molar-refractivity contribution in [3.05, 3.63) is 41.7 Å². The maximum absolute atomic E-state index is 9.34. The Kier molecular flexibility index (Phi) is 9.01. The maximum atomic E-state index is 9.34. The molecule has 2 atom stereocenters. The lowest BCUT2D eigenvalue weighted by Crippen LogP contribution is -2.24. The molecule has 0 fully saturated rings. The van der Waals surface area contributed by atoms with Gasteiger partial charge in [-0.3, -0.25) is 4.98 Å². The van der Waals surface area contributed by atoms with E-state index in [-0.39, 0.29) is 24.8 Å². The van der Waals surface area contributed by atoms with Crippen LogP contribution < -0.4 is 5.73 Å². The summed E-state index contributed by atoms with van der Waals surface area (Å²) in [6, 6.07) is 2.70. The minimum absolute atomic E-state index is 0. The Morgan fingerprint density at radius 1 is 1.53 bits per heavy atom. The van der Waals surface area contributed by atoms with Crippen molar-refractivity contribution in [2.24, 2.45) is 5.73 Å². The van der Waals surface area contributed by atoms with Gasteiger partial charge in [0.15, 0.2) is 0 Å². The molecule has 15 heavy (non-hydrogen) atoms. The Labute approximate surface area is 106 Å². The topological polar surface area (TPSA) is 59.1 Å². The first-order chi connectivity index (χ1) is 6.15. The first-order valence-corrected chi connectivity index (χ1v) is 4.20. The number of hydrogen-bond donors (Lipinski definition) is 2. The lowest BCUT2D eigenvalue weighted by Gasteiger charge is -2.14. The molecule has 0 aliphatic heterocycles. The standard InChI is InChI=1S/C9H11ClN2O.2ClH/c1-2-8(13)9(11)7-5-6(10)3-4-12-7;;/h2-5,8-9,13H,1,11H2;2*1H/t8?,9-;;/m0../s1. The van der Waals surface area contributed by atoms with E-state index in [0.717, 1.165) is 0 Å². The number of pyridine rings is 1. The Balaban J connectivity index is 0. The van der Waals surface area contributed by atoms with Gasteiger partial charge in [0.25, 0.3) is 0 Å². The number of aliphatic hydroxyl groups is 1. The minimum atomic E-state index is -0.800. The van der Waals surface area contributed by atoms with Gasteiger partial charge in [0.1, 0.15) is 0 Å². The van der Waals surface area contributed by atoms with E-state index in [9.17, 15) is 5.11 Å². The molecule has 0 amide bonds. The summed E-state index contributed by atoms with van der Waals surface area (Å²) in [7, 11) is 0. The van der Waals surface area contributed by atoms with Crippen LogP contribution in [0, 0.1) is 0 Å². The molecule has 1 unspecified atom stereocenters. The summed E-state index contributed by atoms with van der Waals surface area (Å²) in [5, 5.41) is 9.90. The summed E-state index contributed by atoms with van der Waals surface area (Å²) in [5.41, 5.74) is 6.23. The SMILES string of the molecule is C=CC(O)[C@@H](N)c1cc(Cl)ccn1.Cl.Cl. The Morgan fingerprint density at radius 3 is 2.60 bits per heavy atom. The van der Waals surface area contributed by atoms with Gasteiger partial charge >= 0.3 is 0 Å². The lowest BCUT2D eigenvalue weighted by atomic mass is 10.1. The molecule has 0 aliphatic rings. The summed E-state index contributed by atoms with van der Waals surface area (Å²) in [6.45, 7) is 3.44. The zero-order valence-electron chi connectivity index (χ0n) is 7.84. The molecule has 0 saturated carbocycles. The van der Waals surface area contributed by atoms with Gasteiger partial charge in [-0.1, -0.05) is 17.7 Å². The molecule has 0 aromatic carbocycles. The highest BCUT2D eigenvalue weighted by Crippen LogP contribution is 2.16. The molecule has 0 saturated heterocycles. The van der Waals surface area contributed by atoms with Crippen LogP contribution in [0.2, 0.25) is 5.02 Å². The second-order valence-electron chi connectivity index (χ2n) is 2.65. The van der Waals surface area contributed by atoms with Crippen LogP contribution in [0.5, 0.6) is 0 Å². The zero-order chi connectivity index (χ0) is 9.84. The number of nitrogens with two attached hydrogens (primary N) is 1. The Hall–Kier alpha value is -0.320. The molecule has 1 rings (SSSR count). The van der Waals surface area contributed by atoms with Crippen LogP contribution in [0.4, 0.5) is 0 Å². The van der Waals surface area contributed by atoms with Gasteiger partial charge in [-0.25, -0.2) is 0 Å². The molecule has 1 aromatic heterocycles. The van der Waals surface area contributed by atoms with Crippen molar-refractivity contribution in [3.8, 4) is 0 Å². The molecule has 0 spiro atoms. The van der Waals surface area contributed by atoms with Crippen molar-refractivity contribution >= 4 is 36.4 Å². The maximum Gasteiger partial charge on any atom is 0.0926 e. The predicted molar refractivity (Wildman–Crippen MR) is 66.9 cm³/mol. The second-order valence-corrected chi connectivity index (χ2v) is 3.09. The van der Waals surface area contributed by atoms with Gasteiger partial charge in [-0.2, -0.15) is 0 Å². The third-order valence-electron chi connectivity index (χ3n) is 1.69. The predicted octanol–water partition coefficient (Wildman–Crippen LogP) is 2.13. The van der Waals surface area contributed by atoms with E-state index in [1.165, 1.54) is 6.08 Å². The van der Waals surface area contributed by atoms with Crippen molar-refractivity contribution in [1.29, 1.82) is 0 Å². The van der Waals surface area contributed by atoms with Gasteiger partial charge in [0.2, 0.25) is 0 Å². The molecular weight excluding hydrogens is 258 g/mol. The quantitative estimate of drug-likeness (QED) is 0.828. The fourth-order valence-corrected chi connectivity index (χ4v) is 1.09. The third kappa shape index (κ3) is 4.82. The van der Waals surface area contributed by atoms with Crippen LogP contribution >= 0.6 is 36.4 Å². The first-order valence-electron chi connectivity index (χ1n) is 3.83. The van der Waals surface area contributed by atoms with E-state index >= 15 is 0 Å². The van der Waals surface area contributed by atoms with Gasteiger partial charge in [0.05, 0.1) is 17.8 Å². The van der Waals surface area contributed by atoms with Crippen LogP contribution in [-0.2, 0) is 0 Å². The Morgan fingerprint density at radius 2 is 2.13 bits per heavy atom. The molecule has 86 valence electrons. The van der Waals surface area contributed by atoms with Crippen molar-refractivity contribution in [1.82, 2.24) is 4.98 Å². The summed E-state index contributed by atoms with van der Waals surface area (Å²) in [6.07, 6.45) is 2.12. The highest BCUT2D eigenvalue weighted by molar-refractivity contribution is 6.30. The molecule has 1 aromatic rings. The number of aliphatic hydroxyl groups excluding tert-OH is 1. The lowest BCUT2D eigenvalue weighted by molar-refractivity contribution is 0.190.